The zero-order valence-corrected chi connectivity index (χ0v) is 11.0. The van der Waals surface area contributed by atoms with E-state index in [4.69, 9.17) is 4.84 Å². The number of allylic oxidation sites excluding steroid dienone is 2. The van der Waals surface area contributed by atoms with Gasteiger partial charge in [0.1, 0.15) is 7.11 Å². The summed E-state index contributed by atoms with van der Waals surface area (Å²) in [5.41, 5.74) is 4.13. The molecule has 2 rings (SSSR count). The lowest BCUT2D eigenvalue weighted by molar-refractivity contribution is -0.113. The van der Waals surface area contributed by atoms with E-state index >= 15 is 0 Å². The highest BCUT2D eigenvalue weighted by molar-refractivity contribution is 6.23. The lowest BCUT2D eigenvalue weighted by atomic mass is 10.0. The Bertz CT molecular complexity index is 589. The lowest BCUT2D eigenvalue weighted by Gasteiger charge is -2.04. The molecule has 0 unspecified atom stereocenters. The van der Waals surface area contributed by atoms with Crippen LogP contribution in [-0.4, -0.2) is 23.3 Å². The normalized spacial score (nSPS) is 17.3. The molecule has 1 aromatic heterocycles. The molecular weight excluding hydrogens is 228 g/mol. The summed E-state index contributed by atoms with van der Waals surface area (Å²) in [6.45, 7) is 5.34. The number of Topliss-reactive ketones (excluding diaryl/α,β-unsaturated/α-hetero) is 1. The van der Waals surface area contributed by atoms with Gasteiger partial charge in [-0.15, -0.1) is 0 Å². The first-order valence-electron chi connectivity index (χ1n) is 5.76. The molecule has 0 aromatic carbocycles. The molecule has 4 heteroatoms. The van der Waals surface area contributed by atoms with Crippen LogP contribution in [0.5, 0.6) is 0 Å². The van der Waals surface area contributed by atoms with E-state index in [0.717, 1.165) is 28.2 Å². The predicted molar refractivity (Wildman–Crippen MR) is 71.4 cm³/mol. The van der Waals surface area contributed by atoms with Crippen LogP contribution in [0.15, 0.2) is 40.2 Å². The summed E-state index contributed by atoms with van der Waals surface area (Å²) in [7, 11) is 1.61. The highest BCUT2D eigenvalue weighted by Gasteiger charge is 2.21. The van der Waals surface area contributed by atoms with Crippen LogP contribution in [0.2, 0.25) is 0 Å². The van der Waals surface area contributed by atoms with Gasteiger partial charge in [0.2, 0.25) is 0 Å². The fraction of sp³-hybridized carbons (Fsp3) is 0.286. The largest absolute Gasteiger partial charge is 0.417 e. The number of carbonyl (C=O) groups is 1. The smallest absolute Gasteiger partial charge is 0.161 e. The van der Waals surface area contributed by atoms with Gasteiger partial charge < -0.3 is 4.84 Å². The van der Waals surface area contributed by atoms with Gasteiger partial charge in [-0.3, -0.25) is 9.79 Å². The topological polar surface area (TPSA) is 43.6 Å². The van der Waals surface area contributed by atoms with E-state index in [1.165, 1.54) is 0 Å². The third kappa shape index (κ3) is 2.01. The van der Waals surface area contributed by atoms with Gasteiger partial charge in [0.25, 0.3) is 0 Å². The van der Waals surface area contributed by atoms with Crippen LogP contribution in [0.25, 0.3) is 6.08 Å². The summed E-state index contributed by atoms with van der Waals surface area (Å²) in [6.07, 6.45) is 3.74. The molecule has 0 bridgehead atoms. The van der Waals surface area contributed by atoms with Crippen LogP contribution >= 0.6 is 0 Å². The number of aromatic nitrogens is 1. The van der Waals surface area contributed by atoms with Gasteiger partial charge in [-0.05, 0) is 44.6 Å². The van der Waals surface area contributed by atoms with Gasteiger partial charge in [0, 0.05) is 17.5 Å². The Balaban J connectivity index is 2.46. The molecule has 0 N–H and O–H groups in total. The first-order valence-corrected chi connectivity index (χ1v) is 5.76. The molecule has 18 heavy (non-hydrogen) atoms. The quantitative estimate of drug-likeness (QED) is 0.818. The van der Waals surface area contributed by atoms with Crippen molar-refractivity contribution in [2.75, 3.05) is 7.11 Å². The highest BCUT2D eigenvalue weighted by Crippen LogP contribution is 2.27. The van der Waals surface area contributed by atoms with E-state index in [1.54, 1.807) is 18.8 Å². The maximum Gasteiger partial charge on any atom is 0.161 e. The monoisotopic (exact) mass is 244 g/mol. The molecule has 1 aliphatic rings. The van der Waals surface area contributed by atoms with Crippen molar-refractivity contribution >= 4 is 17.6 Å². The molecule has 4 nitrogen and oxygen atoms in total. The Morgan fingerprint density at radius 1 is 1.44 bits per heavy atom. The van der Waals surface area contributed by atoms with Crippen LogP contribution in [0, 0.1) is 0 Å². The van der Waals surface area contributed by atoms with Crippen LogP contribution in [-0.2, 0) is 4.79 Å². The van der Waals surface area contributed by atoms with Gasteiger partial charge in [0.05, 0.1) is 11.4 Å². The molecule has 0 saturated carbocycles. The van der Waals surface area contributed by atoms with Crippen molar-refractivity contribution in [2.45, 2.75) is 20.8 Å². The van der Waals surface area contributed by atoms with Crippen LogP contribution in [0.3, 0.4) is 0 Å². The third-order valence-corrected chi connectivity index (χ3v) is 2.99. The zero-order valence-electron chi connectivity index (χ0n) is 11.0. The fourth-order valence-corrected chi connectivity index (χ4v) is 2.18. The number of aliphatic imine (C=N–C) groups is 1. The van der Waals surface area contributed by atoms with E-state index < -0.39 is 0 Å². The van der Waals surface area contributed by atoms with E-state index in [9.17, 15) is 4.79 Å². The minimum absolute atomic E-state index is 0.0549. The van der Waals surface area contributed by atoms with Crippen molar-refractivity contribution in [3.8, 4) is 0 Å². The van der Waals surface area contributed by atoms with E-state index in [-0.39, 0.29) is 5.78 Å². The summed E-state index contributed by atoms with van der Waals surface area (Å²) in [5.74, 6) is 0.0549. The van der Waals surface area contributed by atoms with Gasteiger partial charge in [-0.2, -0.15) is 4.73 Å². The van der Waals surface area contributed by atoms with Crippen molar-refractivity contribution in [3.05, 3.63) is 40.9 Å². The predicted octanol–water partition coefficient (Wildman–Crippen LogP) is 2.27. The summed E-state index contributed by atoms with van der Waals surface area (Å²) >= 11 is 0. The van der Waals surface area contributed by atoms with Gasteiger partial charge in [-0.25, -0.2) is 0 Å². The van der Waals surface area contributed by atoms with Crippen LogP contribution in [0.4, 0.5) is 0 Å². The Morgan fingerprint density at radius 2 is 2.17 bits per heavy atom. The third-order valence-electron chi connectivity index (χ3n) is 2.99. The second-order valence-corrected chi connectivity index (χ2v) is 4.22. The van der Waals surface area contributed by atoms with Gasteiger partial charge in [0.15, 0.2) is 5.78 Å². The van der Waals surface area contributed by atoms with Crippen molar-refractivity contribution in [3.63, 3.8) is 0 Å². The molecule has 0 saturated heterocycles. The van der Waals surface area contributed by atoms with E-state index in [1.807, 2.05) is 38.3 Å². The molecule has 1 aliphatic heterocycles. The molecule has 1 aromatic rings. The lowest BCUT2D eigenvalue weighted by Crippen LogP contribution is -2.05. The van der Waals surface area contributed by atoms with Crippen molar-refractivity contribution < 1.29 is 9.63 Å². The van der Waals surface area contributed by atoms with E-state index in [2.05, 4.69) is 4.99 Å². The molecule has 0 radical (unpaired) electrons. The standard InChI is InChI=1S/C14H16N2O2/c1-9-13(15-10(2)14(9)11(3)17)8-12-6-5-7-16(12)18-4/h5-8H,1-4H3/b13-8+. The maximum absolute atomic E-state index is 11.5. The van der Waals surface area contributed by atoms with Gasteiger partial charge >= 0.3 is 0 Å². The van der Waals surface area contributed by atoms with Crippen LogP contribution in [0.1, 0.15) is 26.5 Å². The minimum atomic E-state index is 0.0549. The molecule has 94 valence electrons. The van der Waals surface area contributed by atoms with E-state index in [0.29, 0.717) is 0 Å². The second-order valence-electron chi connectivity index (χ2n) is 4.22. The SMILES string of the molecule is COn1cccc1/C=C1/N=C(C)C(C(C)=O)=C1C. The Kier molecular flexibility index (Phi) is 3.19. The van der Waals surface area contributed by atoms with Crippen molar-refractivity contribution in [1.82, 2.24) is 4.73 Å². The summed E-state index contributed by atoms with van der Waals surface area (Å²) < 4.78 is 1.65. The Labute approximate surface area is 106 Å². The van der Waals surface area contributed by atoms with Crippen molar-refractivity contribution in [1.29, 1.82) is 0 Å². The molecule has 2 heterocycles. The summed E-state index contributed by atoms with van der Waals surface area (Å²) in [5, 5.41) is 0. The molecular formula is C14H16N2O2. The average molecular weight is 244 g/mol. The average Bonchev–Trinajstić information content (AvgIpc) is 2.84. The Morgan fingerprint density at radius 3 is 2.72 bits per heavy atom. The maximum atomic E-state index is 11.5. The summed E-state index contributed by atoms with van der Waals surface area (Å²) in [4.78, 5) is 21.2. The first kappa shape index (κ1) is 12.4. The fourth-order valence-electron chi connectivity index (χ4n) is 2.18. The number of hydrogen-bond acceptors (Lipinski definition) is 3. The molecule has 0 spiro atoms. The molecule has 0 amide bonds. The number of rotatable bonds is 3. The number of hydrogen-bond donors (Lipinski definition) is 0. The number of ketones is 1. The molecule has 0 aliphatic carbocycles. The molecule has 0 fully saturated rings. The first-order chi connectivity index (χ1) is 8.54. The molecule has 0 atom stereocenters. The van der Waals surface area contributed by atoms with Crippen molar-refractivity contribution in [2.24, 2.45) is 4.99 Å². The minimum Gasteiger partial charge on any atom is -0.417 e. The Hall–Kier alpha value is -2.10. The van der Waals surface area contributed by atoms with Gasteiger partial charge in [-0.1, -0.05) is 0 Å². The number of nitrogens with zero attached hydrogens (tertiary/aromatic N) is 2. The second kappa shape index (κ2) is 4.64. The highest BCUT2D eigenvalue weighted by atomic mass is 16.6. The van der Waals surface area contributed by atoms with Crippen LogP contribution < -0.4 is 4.84 Å². The number of carbonyl (C=O) groups excluding carboxylic acids is 1. The summed E-state index contributed by atoms with van der Waals surface area (Å²) in [6, 6.07) is 3.83. The zero-order chi connectivity index (χ0) is 13.3.